The average molecular weight is 321 g/mol. The number of imide groups is 1. The summed E-state index contributed by atoms with van der Waals surface area (Å²) in [6, 6.07) is 9.95. The van der Waals surface area contributed by atoms with Crippen LogP contribution in [-0.4, -0.2) is 28.6 Å². The Kier molecular flexibility index (Phi) is 5.13. The molecule has 2 rings (SSSR count). The lowest BCUT2D eigenvalue weighted by Crippen LogP contribution is -2.31. The van der Waals surface area contributed by atoms with Crippen molar-refractivity contribution in [3.05, 3.63) is 52.2 Å². The van der Waals surface area contributed by atoms with Gasteiger partial charge in [-0.1, -0.05) is 18.2 Å². The first-order valence-electron chi connectivity index (χ1n) is 5.90. The van der Waals surface area contributed by atoms with Crippen LogP contribution in [0.3, 0.4) is 0 Å². The fraction of sp³-hybridized carbons (Fsp3) is 0.0714. The maximum absolute atomic E-state index is 11.7. The van der Waals surface area contributed by atoms with Crippen molar-refractivity contribution in [3.63, 3.8) is 0 Å². The molecular formula is C14H11NO4S2. The van der Waals surface area contributed by atoms with E-state index < -0.39 is 17.8 Å². The molecule has 0 aliphatic carbocycles. The third-order valence-corrected chi connectivity index (χ3v) is 4.49. The lowest BCUT2D eigenvalue weighted by atomic mass is 10.2. The van der Waals surface area contributed by atoms with Gasteiger partial charge in [-0.25, -0.2) is 4.79 Å². The van der Waals surface area contributed by atoms with E-state index in [-0.39, 0.29) is 10.6 Å². The number of carboxylic acids is 1. The lowest BCUT2D eigenvalue weighted by molar-refractivity contribution is -0.117. The summed E-state index contributed by atoms with van der Waals surface area (Å²) < 4.78 is 0. The number of carbonyl (C=O) groups is 3. The number of amides is 2. The van der Waals surface area contributed by atoms with E-state index in [1.165, 1.54) is 17.8 Å². The molecule has 2 N–H and O–H groups in total. The van der Waals surface area contributed by atoms with Crippen LogP contribution in [0.2, 0.25) is 0 Å². The number of nitrogens with one attached hydrogen (secondary N) is 1. The highest BCUT2D eigenvalue weighted by Gasteiger charge is 2.12. The second-order valence-corrected chi connectivity index (χ2v) is 5.94. The number of thioether (sulfide) groups is 1. The molecule has 0 fully saturated rings. The van der Waals surface area contributed by atoms with Gasteiger partial charge in [0, 0.05) is 15.8 Å². The second-order valence-electron chi connectivity index (χ2n) is 3.98. The molecule has 0 radical (unpaired) electrons. The molecule has 21 heavy (non-hydrogen) atoms. The summed E-state index contributed by atoms with van der Waals surface area (Å²) in [6.45, 7) is 0. The molecule has 108 valence electrons. The van der Waals surface area contributed by atoms with Gasteiger partial charge in [-0.3, -0.25) is 14.9 Å². The SMILES string of the molecule is O=C(CSc1csc(C(=O)O)c1)NC(=O)c1ccccc1. The third kappa shape index (κ3) is 4.44. The molecule has 5 nitrogen and oxygen atoms in total. The monoisotopic (exact) mass is 321 g/mol. The molecule has 0 unspecified atom stereocenters. The first-order chi connectivity index (χ1) is 10.1. The van der Waals surface area contributed by atoms with Gasteiger partial charge < -0.3 is 5.11 Å². The van der Waals surface area contributed by atoms with Crippen molar-refractivity contribution in [1.82, 2.24) is 5.32 Å². The van der Waals surface area contributed by atoms with Gasteiger partial charge in [0.15, 0.2) is 0 Å². The molecule has 0 aliphatic heterocycles. The van der Waals surface area contributed by atoms with Crippen molar-refractivity contribution >= 4 is 40.9 Å². The minimum Gasteiger partial charge on any atom is -0.477 e. The summed E-state index contributed by atoms with van der Waals surface area (Å²) in [5.41, 5.74) is 0.416. The van der Waals surface area contributed by atoms with E-state index in [4.69, 9.17) is 5.11 Å². The summed E-state index contributed by atoms with van der Waals surface area (Å²) in [7, 11) is 0. The van der Waals surface area contributed by atoms with Crippen molar-refractivity contribution in [2.24, 2.45) is 0 Å². The Morgan fingerprint density at radius 2 is 1.90 bits per heavy atom. The molecule has 1 aromatic carbocycles. The van der Waals surface area contributed by atoms with Crippen LogP contribution < -0.4 is 5.32 Å². The highest BCUT2D eigenvalue weighted by atomic mass is 32.2. The molecule has 0 atom stereocenters. The predicted molar refractivity (Wildman–Crippen MR) is 80.9 cm³/mol. The van der Waals surface area contributed by atoms with Gasteiger partial charge in [-0.2, -0.15) is 0 Å². The van der Waals surface area contributed by atoms with Gasteiger partial charge in [-0.05, 0) is 18.2 Å². The number of benzene rings is 1. The second kappa shape index (κ2) is 7.05. The average Bonchev–Trinajstić information content (AvgIpc) is 2.95. The van der Waals surface area contributed by atoms with Crippen LogP contribution in [0.15, 0.2) is 46.7 Å². The van der Waals surface area contributed by atoms with Crippen LogP contribution in [0.25, 0.3) is 0 Å². The molecule has 0 spiro atoms. The van der Waals surface area contributed by atoms with Gasteiger partial charge in [-0.15, -0.1) is 23.1 Å². The van der Waals surface area contributed by atoms with Crippen LogP contribution in [0.4, 0.5) is 0 Å². The van der Waals surface area contributed by atoms with E-state index in [0.29, 0.717) is 10.5 Å². The van der Waals surface area contributed by atoms with Crippen LogP contribution in [0, 0.1) is 0 Å². The fourth-order valence-corrected chi connectivity index (χ4v) is 3.15. The van der Waals surface area contributed by atoms with Crippen LogP contribution in [-0.2, 0) is 4.79 Å². The van der Waals surface area contributed by atoms with Gasteiger partial charge in [0.05, 0.1) is 5.75 Å². The maximum Gasteiger partial charge on any atom is 0.345 e. The standard InChI is InChI=1S/C14H11NO4S2/c16-12(15-13(17)9-4-2-1-3-5-9)8-20-10-6-11(14(18)19)21-7-10/h1-7H,8H2,(H,18,19)(H,15,16,17). The van der Waals surface area contributed by atoms with Crippen molar-refractivity contribution in [1.29, 1.82) is 0 Å². The van der Waals surface area contributed by atoms with E-state index in [1.54, 1.807) is 35.7 Å². The zero-order valence-corrected chi connectivity index (χ0v) is 12.4. The molecule has 2 amide bonds. The van der Waals surface area contributed by atoms with Gasteiger partial charge in [0.2, 0.25) is 5.91 Å². The Morgan fingerprint density at radius 3 is 2.52 bits per heavy atom. The van der Waals surface area contributed by atoms with E-state index in [9.17, 15) is 14.4 Å². The number of carboxylic acid groups (broad SMARTS) is 1. The minimum atomic E-state index is -0.990. The van der Waals surface area contributed by atoms with E-state index in [0.717, 1.165) is 11.3 Å². The van der Waals surface area contributed by atoms with E-state index >= 15 is 0 Å². The molecule has 2 aromatic rings. The van der Waals surface area contributed by atoms with Crippen LogP contribution >= 0.6 is 23.1 Å². The first-order valence-corrected chi connectivity index (χ1v) is 7.76. The lowest BCUT2D eigenvalue weighted by Gasteiger charge is -2.03. The Bertz CT molecular complexity index is 667. The van der Waals surface area contributed by atoms with Crippen molar-refractivity contribution in [3.8, 4) is 0 Å². The van der Waals surface area contributed by atoms with E-state index in [2.05, 4.69) is 5.32 Å². The number of hydrogen-bond acceptors (Lipinski definition) is 5. The summed E-state index contributed by atoms with van der Waals surface area (Å²) in [6.07, 6.45) is 0. The topological polar surface area (TPSA) is 83.5 Å². The highest BCUT2D eigenvalue weighted by Crippen LogP contribution is 2.24. The fourth-order valence-electron chi connectivity index (χ4n) is 1.48. The Labute approximate surface area is 129 Å². The normalized spacial score (nSPS) is 10.1. The summed E-state index contributed by atoms with van der Waals surface area (Å²) in [4.78, 5) is 35.1. The van der Waals surface area contributed by atoms with Crippen molar-refractivity contribution < 1.29 is 19.5 Å². The molecule has 7 heteroatoms. The van der Waals surface area contributed by atoms with Crippen LogP contribution in [0.1, 0.15) is 20.0 Å². The van der Waals surface area contributed by atoms with Gasteiger partial charge >= 0.3 is 5.97 Å². The van der Waals surface area contributed by atoms with Gasteiger partial charge in [0.25, 0.3) is 5.91 Å². The molecule has 1 heterocycles. The summed E-state index contributed by atoms with van der Waals surface area (Å²) >= 11 is 2.29. The summed E-state index contributed by atoms with van der Waals surface area (Å²) in [5.74, 6) is -1.81. The Morgan fingerprint density at radius 1 is 1.19 bits per heavy atom. The van der Waals surface area contributed by atoms with Crippen molar-refractivity contribution in [2.45, 2.75) is 4.90 Å². The number of hydrogen-bond donors (Lipinski definition) is 2. The zero-order valence-electron chi connectivity index (χ0n) is 10.7. The number of thiophene rings is 1. The Hall–Kier alpha value is -2.12. The molecule has 1 aromatic heterocycles. The molecule has 0 saturated carbocycles. The zero-order chi connectivity index (χ0) is 15.2. The van der Waals surface area contributed by atoms with E-state index in [1.807, 2.05) is 0 Å². The predicted octanol–water partition coefficient (Wildman–Crippen LogP) is 2.50. The number of aromatic carboxylic acids is 1. The summed E-state index contributed by atoms with van der Waals surface area (Å²) in [5, 5.41) is 12.7. The number of carbonyl (C=O) groups excluding carboxylic acids is 2. The minimum absolute atomic E-state index is 0.0500. The quantitative estimate of drug-likeness (QED) is 0.827. The number of rotatable bonds is 5. The molecule has 0 bridgehead atoms. The maximum atomic E-state index is 11.7. The molecule has 0 saturated heterocycles. The third-order valence-electron chi connectivity index (χ3n) is 2.45. The largest absolute Gasteiger partial charge is 0.477 e. The molecular weight excluding hydrogens is 310 g/mol. The van der Waals surface area contributed by atoms with Gasteiger partial charge in [0.1, 0.15) is 4.88 Å². The van der Waals surface area contributed by atoms with Crippen LogP contribution in [0.5, 0.6) is 0 Å². The smallest absolute Gasteiger partial charge is 0.345 e. The first kappa shape index (κ1) is 15.3. The highest BCUT2D eigenvalue weighted by molar-refractivity contribution is 8.00. The molecule has 0 aliphatic rings. The Balaban J connectivity index is 1.84. The van der Waals surface area contributed by atoms with Crippen molar-refractivity contribution in [2.75, 3.05) is 5.75 Å².